The maximum atomic E-state index is 12.1. The van der Waals surface area contributed by atoms with Gasteiger partial charge in [-0.2, -0.15) is 0 Å². The Labute approximate surface area is 149 Å². The highest BCUT2D eigenvalue weighted by molar-refractivity contribution is 6.31. The maximum Gasteiger partial charge on any atom is 0.271 e. The molecule has 8 heteroatoms. The first-order chi connectivity index (χ1) is 12.0. The molecular formula is C17H17ClN4O3. The van der Waals surface area contributed by atoms with Crippen molar-refractivity contribution in [1.82, 2.24) is 19.7 Å². The van der Waals surface area contributed by atoms with Gasteiger partial charge in [0.25, 0.3) is 5.91 Å². The van der Waals surface area contributed by atoms with Crippen molar-refractivity contribution in [1.29, 1.82) is 0 Å². The van der Waals surface area contributed by atoms with Crippen LogP contribution in [0.1, 0.15) is 16.1 Å². The third-order valence-electron chi connectivity index (χ3n) is 3.54. The van der Waals surface area contributed by atoms with E-state index in [-0.39, 0.29) is 24.8 Å². The van der Waals surface area contributed by atoms with Gasteiger partial charge in [-0.1, -0.05) is 11.6 Å². The highest BCUT2D eigenvalue weighted by Crippen LogP contribution is 2.21. The lowest BCUT2D eigenvalue weighted by Crippen LogP contribution is -2.35. The van der Waals surface area contributed by atoms with Gasteiger partial charge in [0.15, 0.2) is 0 Å². The van der Waals surface area contributed by atoms with E-state index in [0.29, 0.717) is 16.5 Å². The lowest BCUT2D eigenvalue weighted by molar-refractivity contribution is 0.0840. The molecule has 0 saturated heterocycles. The van der Waals surface area contributed by atoms with Gasteiger partial charge in [0, 0.05) is 30.2 Å². The van der Waals surface area contributed by atoms with Crippen LogP contribution in [0.25, 0.3) is 5.78 Å². The fraction of sp³-hybridized carbons (Fsp3) is 0.235. The Morgan fingerprint density at radius 2 is 2.32 bits per heavy atom. The molecule has 1 amide bonds. The first kappa shape index (κ1) is 17.2. The molecule has 3 aromatic rings. The number of aryl methyl sites for hydroxylation is 1. The molecule has 25 heavy (non-hydrogen) atoms. The number of benzene rings is 1. The smallest absolute Gasteiger partial charge is 0.271 e. The second kappa shape index (κ2) is 7.50. The SMILES string of the molecule is Cc1cc(OC[C@H](O)CNC(=O)c2cn3cccnc3n2)ccc1Cl. The molecular weight excluding hydrogens is 344 g/mol. The summed E-state index contributed by atoms with van der Waals surface area (Å²) < 4.78 is 7.15. The van der Waals surface area contributed by atoms with Crippen LogP contribution in [-0.2, 0) is 0 Å². The normalized spacial score (nSPS) is 12.1. The van der Waals surface area contributed by atoms with Crippen molar-refractivity contribution in [3.8, 4) is 5.75 Å². The molecule has 0 unspecified atom stereocenters. The first-order valence-electron chi connectivity index (χ1n) is 7.68. The molecule has 0 saturated carbocycles. The Morgan fingerprint density at radius 3 is 3.08 bits per heavy atom. The number of rotatable bonds is 6. The van der Waals surface area contributed by atoms with Crippen molar-refractivity contribution in [2.24, 2.45) is 0 Å². The quantitative estimate of drug-likeness (QED) is 0.700. The molecule has 2 aromatic heterocycles. The fourth-order valence-corrected chi connectivity index (χ4v) is 2.32. The van der Waals surface area contributed by atoms with Crippen LogP contribution in [0.4, 0.5) is 0 Å². The lowest BCUT2D eigenvalue weighted by Gasteiger charge is -2.13. The summed E-state index contributed by atoms with van der Waals surface area (Å²) in [6, 6.07) is 7.00. The number of carbonyl (C=O) groups excluding carboxylic acids is 1. The summed E-state index contributed by atoms with van der Waals surface area (Å²) in [4.78, 5) is 20.3. The van der Waals surface area contributed by atoms with E-state index in [0.717, 1.165) is 5.56 Å². The van der Waals surface area contributed by atoms with Gasteiger partial charge in [-0.15, -0.1) is 0 Å². The van der Waals surface area contributed by atoms with Crippen molar-refractivity contribution in [3.63, 3.8) is 0 Å². The van der Waals surface area contributed by atoms with E-state index in [2.05, 4.69) is 15.3 Å². The van der Waals surface area contributed by atoms with Crippen LogP contribution < -0.4 is 10.1 Å². The summed E-state index contributed by atoms with van der Waals surface area (Å²) in [5.74, 6) is 0.667. The first-order valence-corrected chi connectivity index (χ1v) is 8.05. The molecule has 1 aromatic carbocycles. The van der Waals surface area contributed by atoms with E-state index in [1.54, 1.807) is 47.3 Å². The Bertz CT molecular complexity index is 863. The number of aliphatic hydroxyl groups is 1. The molecule has 0 aliphatic heterocycles. The van der Waals surface area contributed by atoms with Gasteiger partial charge >= 0.3 is 0 Å². The number of aromatic nitrogens is 3. The number of amides is 1. The molecule has 0 bridgehead atoms. The molecule has 0 fully saturated rings. The number of ether oxygens (including phenoxy) is 1. The fourth-order valence-electron chi connectivity index (χ4n) is 2.20. The zero-order chi connectivity index (χ0) is 17.8. The Hall–Kier alpha value is -2.64. The number of nitrogens with zero attached hydrogens (tertiary/aromatic N) is 3. The minimum Gasteiger partial charge on any atom is -0.491 e. The van der Waals surface area contributed by atoms with Gasteiger partial charge in [-0.25, -0.2) is 9.97 Å². The van der Waals surface area contributed by atoms with Crippen molar-refractivity contribution >= 4 is 23.3 Å². The number of fused-ring (bicyclic) bond motifs is 1. The van der Waals surface area contributed by atoms with E-state index in [1.807, 2.05) is 6.92 Å². The van der Waals surface area contributed by atoms with Gasteiger partial charge in [-0.3, -0.25) is 9.20 Å². The molecule has 130 valence electrons. The van der Waals surface area contributed by atoms with E-state index in [4.69, 9.17) is 16.3 Å². The largest absolute Gasteiger partial charge is 0.491 e. The van der Waals surface area contributed by atoms with Gasteiger partial charge < -0.3 is 15.2 Å². The van der Waals surface area contributed by atoms with Crippen molar-refractivity contribution in [3.05, 3.63) is 59.1 Å². The van der Waals surface area contributed by atoms with E-state index >= 15 is 0 Å². The predicted octanol–water partition coefficient (Wildman–Crippen LogP) is 1.86. The molecule has 2 heterocycles. The zero-order valence-electron chi connectivity index (χ0n) is 13.5. The topological polar surface area (TPSA) is 88.8 Å². The lowest BCUT2D eigenvalue weighted by atomic mass is 10.2. The molecule has 0 aliphatic rings. The van der Waals surface area contributed by atoms with Gasteiger partial charge in [0.05, 0.1) is 0 Å². The van der Waals surface area contributed by atoms with Gasteiger partial charge in [0.1, 0.15) is 24.2 Å². The number of hydrogen-bond acceptors (Lipinski definition) is 5. The molecule has 0 spiro atoms. The standard InChI is InChI=1S/C17H17ClN4O3/c1-11-7-13(3-4-14(11)18)25-10-12(23)8-20-16(24)15-9-22-6-2-5-19-17(22)21-15/h2-7,9,12,23H,8,10H2,1H3,(H,20,24)/t12-/m1/s1. The third-order valence-corrected chi connectivity index (χ3v) is 3.96. The Kier molecular flexibility index (Phi) is 5.16. The van der Waals surface area contributed by atoms with Gasteiger partial charge in [0.2, 0.25) is 5.78 Å². The number of aliphatic hydroxyl groups excluding tert-OH is 1. The number of carbonyl (C=O) groups is 1. The summed E-state index contributed by atoms with van der Waals surface area (Å²) in [6.45, 7) is 1.97. The minimum absolute atomic E-state index is 0.0483. The molecule has 3 rings (SSSR count). The summed E-state index contributed by atoms with van der Waals surface area (Å²) in [5.41, 5.74) is 1.13. The average molecular weight is 361 g/mol. The molecule has 0 radical (unpaired) electrons. The van der Waals surface area contributed by atoms with Crippen molar-refractivity contribution in [2.45, 2.75) is 13.0 Å². The predicted molar refractivity (Wildman–Crippen MR) is 93.0 cm³/mol. The Balaban J connectivity index is 1.50. The van der Waals surface area contributed by atoms with Crippen LogP contribution in [0, 0.1) is 6.92 Å². The van der Waals surface area contributed by atoms with E-state index in [9.17, 15) is 9.90 Å². The van der Waals surface area contributed by atoms with Crippen LogP contribution in [0.15, 0.2) is 42.9 Å². The van der Waals surface area contributed by atoms with E-state index in [1.165, 1.54) is 0 Å². The summed E-state index contributed by atoms with van der Waals surface area (Å²) in [7, 11) is 0. The maximum absolute atomic E-state index is 12.1. The molecule has 0 aliphatic carbocycles. The molecule has 7 nitrogen and oxygen atoms in total. The monoisotopic (exact) mass is 360 g/mol. The molecule has 1 atom stereocenters. The van der Waals surface area contributed by atoms with Crippen LogP contribution in [0.5, 0.6) is 5.75 Å². The number of nitrogens with one attached hydrogen (secondary N) is 1. The highest BCUT2D eigenvalue weighted by Gasteiger charge is 2.13. The minimum atomic E-state index is -0.852. The van der Waals surface area contributed by atoms with Crippen molar-refractivity contribution in [2.75, 3.05) is 13.2 Å². The summed E-state index contributed by atoms with van der Waals surface area (Å²) in [6.07, 6.45) is 4.08. The number of hydrogen-bond donors (Lipinski definition) is 2. The van der Waals surface area contributed by atoms with Crippen LogP contribution >= 0.6 is 11.6 Å². The Morgan fingerprint density at radius 1 is 1.48 bits per heavy atom. The molecule has 2 N–H and O–H groups in total. The number of imidazole rings is 1. The van der Waals surface area contributed by atoms with E-state index < -0.39 is 6.10 Å². The second-order valence-corrected chi connectivity index (χ2v) is 5.95. The second-order valence-electron chi connectivity index (χ2n) is 5.54. The van der Waals surface area contributed by atoms with Crippen LogP contribution in [0.3, 0.4) is 0 Å². The van der Waals surface area contributed by atoms with Crippen LogP contribution in [0.2, 0.25) is 5.02 Å². The van der Waals surface area contributed by atoms with Crippen molar-refractivity contribution < 1.29 is 14.6 Å². The van der Waals surface area contributed by atoms with Crippen LogP contribution in [-0.4, -0.2) is 44.6 Å². The highest BCUT2D eigenvalue weighted by atomic mass is 35.5. The summed E-state index contributed by atoms with van der Waals surface area (Å²) in [5, 5.41) is 13.2. The number of halogens is 1. The van der Waals surface area contributed by atoms with Gasteiger partial charge in [-0.05, 0) is 36.8 Å². The summed E-state index contributed by atoms with van der Waals surface area (Å²) >= 11 is 5.95. The zero-order valence-corrected chi connectivity index (χ0v) is 14.3. The average Bonchev–Trinajstić information content (AvgIpc) is 3.05. The third kappa shape index (κ3) is 4.26.